The molecular weight excluding hydrogens is 328 g/mol. The van der Waals surface area contributed by atoms with Gasteiger partial charge in [0.25, 0.3) is 5.91 Å². The van der Waals surface area contributed by atoms with Gasteiger partial charge in [-0.2, -0.15) is 0 Å². The highest BCUT2D eigenvalue weighted by atomic mass is 16.5. The Morgan fingerprint density at radius 3 is 2.84 bits per heavy atom. The van der Waals surface area contributed by atoms with Crippen LogP contribution in [0, 0.1) is 5.41 Å². The summed E-state index contributed by atoms with van der Waals surface area (Å²) in [5.74, 6) is -0.206. The van der Waals surface area contributed by atoms with Crippen LogP contribution in [0.1, 0.15) is 29.8 Å². The Balaban J connectivity index is 1.52. The van der Waals surface area contributed by atoms with Crippen LogP contribution >= 0.6 is 0 Å². The number of furan rings is 1. The number of likely N-dealkylation sites (tertiary alicyclic amines) is 2. The fraction of sp³-hybridized carbons (Fsp3) is 0.500. The van der Waals surface area contributed by atoms with E-state index in [1.807, 2.05) is 0 Å². The lowest BCUT2D eigenvalue weighted by atomic mass is 9.79. The number of hydrogen-bond donors (Lipinski definition) is 1. The van der Waals surface area contributed by atoms with Crippen molar-refractivity contribution in [3.05, 3.63) is 28.4 Å². The summed E-state index contributed by atoms with van der Waals surface area (Å²) in [6.07, 6.45) is 2.28. The Hall–Kier alpha value is -2.84. The van der Waals surface area contributed by atoms with E-state index in [1.165, 1.54) is 0 Å². The van der Waals surface area contributed by atoms with Gasteiger partial charge in [0.2, 0.25) is 11.7 Å². The van der Waals surface area contributed by atoms with Crippen LogP contribution in [-0.4, -0.2) is 58.4 Å². The van der Waals surface area contributed by atoms with Crippen molar-refractivity contribution < 1.29 is 18.5 Å². The van der Waals surface area contributed by atoms with E-state index in [0.717, 1.165) is 12.8 Å². The van der Waals surface area contributed by atoms with Gasteiger partial charge in [0.1, 0.15) is 0 Å². The Morgan fingerprint density at radius 2 is 2.16 bits per heavy atom. The van der Waals surface area contributed by atoms with Crippen molar-refractivity contribution >= 4 is 11.8 Å². The smallest absolute Gasteiger partial charge is 0.439 e. The van der Waals surface area contributed by atoms with Crippen LogP contribution in [0.25, 0.3) is 11.6 Å². The number of nitrogens with one attached hydrogen (secondary N) is 1. The Kier molecular flexibility index (Phi) is 3.52. The number of hydrogen-bond acceptors (Lipinski definition) is 6. The van der Waals surface area contributed by atoms with Crippen LogP contribution in [0.3, 0.4) is 0 Å². The standard InChI is InChI=1S/C16H18N4O5/c1-19-8-16(7-12(19)21)5-2-6-20(9-16)14(22)11-4-3-10(24-11)13-17-15(23)25-18-13/h3-4H,2,5-9H2,1H3,(H,17,18,23). The third kappa shape index (κ3) is 2.75. The average Bonchev–Trinajstić information content (AvgIpc) is 3.27. The second-order valence-corrected chi connectivity index (χ2v) is 6.86. The van der Waals surface area contributed by atoms with E-state index in [1.54, 1.807) is 29.0 Å². The number of carbonyl (C=O) groups excluding carboxylic acids is 2. The van der Waals surface area contributed by atoms with Crippen LogP contribution in [0.4, 0.5) is 0 Å². The minimum atomic E-state index is -0.688. The second-order valence-electron chi connectivity index (χ2n) is 6.86. The highest BCUT2D eigenvalue weighted by Gasteiger charge is 2.45. The maximum Gasteiger partial charge on any atom is 0.439 e. The summed E-state index contributed by atoms with van der Waals surface area (Å²) in [6.45, 7) is 1.85. The van der Waals surface area contributed by atoms with Crippen molar-refractivity contribution in [2.45, 2.75) is 19.3 Å². The molecule has 2 aliphatic heterocycles. The Labute approximate surface area is 142 Å². The summed E-state index contributed by atoms with van der Waals surface area (Å²) in [6, 6.07) is 3.12. The molecule has 0 aromatic carbocycles. The van der Waals surface area contributed by atoms with E-state index in [0.29, 0.717) is 26.1 Å². The molecule has 0 aliphatic carbocycles. The molecule has 9 heteroatoms. The number of H-pyrrole nitrogens is 1. The lowest BCUT2D eigenvalue weighted by molar-refractivity contribution is -0.126. The summed E-state index contributed by atoms with van der Waals surface area (Å²) in [5, 5.41) is 3.54. The summed E-state index contributed by atoms with van der Waals surface area (Å²) < 4.78 is 9.97. The molecule has 2 fully saturated rings. The fourth-order valence-electron chi connectivity index (χ4n) is 3.83. The molecule has 0 bridgehead atoms. The van der Waals surface area contributed by atoms with Crippen LogP contribution < -0.4 is 5.76 Å². The zero-order chi connectivity index (χ0) is 17.6. The molecule has 0 radical (unpaired) electrons. The molecule has 2 saturated heterocycles. The molecule has 9 nitrogen and oxygen atoms in total. The monoisotopic (exact) mass is 346 g/mol. The lowest BCUT2D eigenvalue weighted by Crippen LogP contribution is -2.47. The number of aromatic nitrogens is 2. The molecular formula is C16H18N4O5. The van der Waals surface area contributed by atoms with E-state index in [9.17, 15) is 14.4 Å². The number of carbonyl (C=O) groups is 2. The minimum absolute atomic E-state index is 0.129. The van der Waals surface area contributed by atoms with Crippen LogP contribution in [0.2, 0.25) is 0 Å². The van der Waals surface area contributed by atoms with Crippen LogP contribution in [0.15, 0.2) is 25.9 Å². The van der Waals surface area contributed by atoms with E-state index >= 15 is 0 Å². The predicted octanol–water partition coefficient (Wildman–Crippen LogP) is 0.707. The van der Waals surface area contributed by atoms with E-state index in [2.05, 4.69) is 14.7 Å². The number of nitrogens with zero attached hydrogens (tertiary/aromatic N) is 3. The molecule has 1 spiro atoms. The van der Waals surface area contributed by atoms with Gasteiger partial charge in [0.15, 0.2) is 11.5 Å². The average molecular weight is 346 g/mol. The topological polar surface area (TPSA) is 113 Å². The largest absolute Gasteiger partial charge is 0.448 e. The second kappa shape index (κ2) is 5.61. The fourth-order valence-corrected chi connectivity index (χ4v) is 3.83. The summed E-state index contributed by atoms with van der Waals surface area (Å²) in [7, 11) is 1.80. The number of amides is 2. The molecule has 4 rings (SSSR count). The van der Waals surface area contributed by atoms with Crippen molar-refractivity contribution in [3.8, 4) is 11.6 Å². The number of rotatable bonds is 2. The van der Waals surface area contributed by atoms with Crippen molar-refractivity contribution in [1.29, 1.82) is 0 Å². The van der Waals surface area contributed by atoms with Crippen LogP contribution in [0.5, 0.6) is 0 Å². The first kappa shape index (κ1) is 15.7. The van der Waals surface area contributed by atoms with Gasteiger partial charge < -0.3 is 14.2 Å². The van der Waals surface area contributed by atoms with Crippen molar-refractivity contribution in [3.63, 3.8) is 0 Å². The first-order chi connectivity index (χ1) is 12.0. The minimum Gasteiger partial charge on any atom is -0.448 e. The predicted molar refractivity (Wildman–Crippen MR) is 84.7 cm³/mol. The van der Waals surface area contributed by atoms with Gasteiger partial charge in [0.05, 0.1) is 0 Å². The summed E-state index contributed by atoms with van der Waals surface area (Å²) in [5.41, 5.74) is -0.160. The SMILES string of the molecule is CN1CC2(CCCN(C(=O)c3ccc(-c4noc(=O)[nH]4)o3)C2)CC1=O. The number of aromatic amines is 1. The maximum absolute atomic E-state index is 12.8. The molecule has 2 aliphatic rings. The first-order valence-corrected chi connectivity index (χ1v) is 8.15. The molecule has 132 valence electrons. The van der Waals surface area contributed by atoms with Gasteiger partial charge in [0, 0.05) is 38.5 Å². The first-order valence-electron chi connectivity index (χ1n) is 8.15. The highest BCUT2D eigenvalue weighted by Crippen LogP contribution is 2.39. The maximum atomic E-state index is 12.8. The van der Waals surface area contributed by atoms with Crippen molar-refractivity contribution in [2.24, 2.45) is 5.41 Å². The molecule has 25 heavy (non-hydrogen) atoms. The van der Waals surface area contributed by atoms with Crippen molar-refractivity contribution in [2.75, 3.05) is 26.7 Å². The molecule has 1 N–H and O–H groups in total. The summed E-state index contributed by atoms with van der Waals surface area (Å²) in [4.78, 5) is 41.6. The molecule has 1 atom stereocenters. The normalized spacial score (nSPS) is 23.6. The molecule has 2 amide bonds. The third-order valence-electron chi connectivity index (χ3n) is 4.96. The third-order valence-corrected chi connectivity index (χ3v) is 4.96. The van der Waals surface area contributed by atoms with Crippen molar-refractivity contribution in [1.82, 2.24) is 19.9 Å². The van der Waals surface area contributed by atoms with Gasteiger partial charge in [-0.1, -0.05) is 5.16 Å². The highest BCUT2D eigenvalue weighted by molar-refractivity contribution is 5.92. The van der Waals surface area contributed by atoms with Crippen LogP contribution in [-0.2, 0) is 4.79 Å². The Bertz CT molecular complexity index is 881. The molecule has 4 heterocycles. The summed E-state index contributed by atoms with van der Waals surface area (Å²) >= 11 is 0. The molecule has 0 saturated carbocycles. The van der Waals surface area contributed by atoms with E-state index in [-0.39, 0.29) is 34.6 Å². The number of piperidine rings is 1. The van der Waals surface area contributed by atoms with E-state index < -0.39 is 5.76 Å². The lowest BCUT2D eigenvalue weighted by Gasteiger charge is -2.39. The zero-order valence-electron chi connectivity index (χ0n) is 13.8. The Morgan fingerprint density at radius 1 is 1.32 bits per heavy atom. The zero-order valence-corrected chi connectivity index (χ0v) is 13.8. The van der Waals surface area contributed by atoms with Gasteiger partial charge in [-0.15, -0.1) is 0 Å². The van der Waals surface area contributed by atoms with E-state index in [4.69, 9.17) is 4.42 Å². The van der Waals surface area contributed by atoms with Gasteiger partial charge in [-0.3, -0.25) is 19.1 Å². The molecule has 2 aromatic heterocycles. The molecule has 2 aromatic rings. The van der Waals surface area contributed by atoms with Gasteiger partial charge >= 0.3 is 5.76 Å². The quantitative estimate of drug-likeness (QED) is 0.857. The van der Waals surface area contributed by atoms with Gasteiger partial charge in [-0.05, 0) is 25.0 Å². The molecule has 1 unspecified atom stereocenters. The van der Waals surface area contributed by atoms with Gasteiger partial charge in [-0.25, -0.2) is 4.79 Å².